The maximum atomic E-state index is 13.0. The summed E-state index contributed by atoms with van der Waals surface area (Å²) in [4.78, 5) is 25.9. The number of anilines is 2. The molecule has 0 unspecified atom stereocenters. The van der Waals surface area contributed by atoms with Gasteiger partial charge in [0, 0.05) is 57.3 Å². The molecule has 1 amide bonds. The lowest BCUT2D eigenvalue weighted by Crippen LogP contribution is -2.53. The van der Waals surface area contributed by atoms with Gasteiger partial charge in [-0.3, -0.25) is 9.69 Å². The molecule has 1 aliphatic rings. The number of nitrogens with one attached hydrogen (secondary N) is 1. The number of hydrogen-bond acceptors (Lipinski definition) is 7. The van der Waals surface area contributed by atoms with Crippen LogP contribution in [0.15, 0.2) is 41.6 Å². The molecule has 32 heavy (non-hydrogen) atoms. The average molecular weight is 461 g/mol. The zero-order chi connectivity index (χ0) is 23.3. The Kier molecular flexibility index (Phi) is 7.81. The summed E-state index contributed by atoms with van der Waals surface area (Å²) in [5.74, 6) is 0.537. The average Bonchev–Trinajstić information content (AvgIpc) is 2.81. The molecule has 1 aromatic heterocycles. The fourth-order valence-electron chi connectivity index (χ4n) is 3.83. The van der Waals surface area contributed by atoms with Gasteiger partial charge in [-0.05, 0) is 37.6 Å². The van der Waals surface area contributed by atoms with Crippen LogP contribution in [0.4, 0.5) is 11.6 Å². The first-order chi connectivity index (χ1) is 15.3. The Hall–Kier alpha value is -2.56. The van der Waals surface area contributed by atoms with Crippen LogP contribution in [0, 0.1) is 6.92 Å². The largest absolute Gasteiger partial charge is 0.338 e. The highest BCUT2D eigenvalue weighted by Crippen LogP contribution is 2.24. The number of nitrogens with zero attached hydrogens (tertiary/aromatic N) is 5. The number of rotatable bonds is 8. The fourth-order valence-corrected chi connectivity index (χ4v) is 5.54. The number of amides is 1. The van der Waals surface area contributed by atoms with Gasteiger partial charge in [0.1, 0.15) is 0 Å². The van der Waals surface area contributed by atoms with Crippen LogP contribution in [-0.4, -0.2) is 78.8 Å². The van der Waals surface area contributed by atoms with Crippen molar-refractivity contribution in [2.75, 3.05) is 49.5 Å². The van der Waals surface area contributed by atoms with Gasteiger partial charge in [-0.15, -0.1) is 0 Å². The molecule has 1 aromatic carbocycles. The Morgan fingerprint density at radius 1 is 1.12 bits per heavy atom. The van der Waals surface area contributed by atoms with E-state index in [1.54, 1.807) is 43.6 Å². The number of sulfonamides is 1. The van der Waals surface area contributed by atoms with Gasteiger partial charge in [0.05, 0.1) is 10.9 Å². The van der Waals surface area contributed by atoms with Gasteiger partial charge in [-0.1, -0.05) is 19.9 Å². The van der Waals surface area contributed by atoms with E-state index < -0.39 is 10.0 Å². The highest BCUT2D eigenvalue weighted by Gasteiger charge is 2.28. The molecule has 1 N–H and O–H groups in total. The number of carbonyl (C=O) groups is 1. The first-order valence-corrected chi connectivity index (χ1v) is 12.4. The molecule has 1 saturated heterocycles. The number of aromatic nitrogens is 2. The fraction of sp³-hybridized carbons (Fsp3) is 0.500. The van der Waals surface area contributed by atoms with Gasteiger partial charge in [0.25, 0.3) is 0 Å². The third-order valence-corrected chi connectivity index (χ3v) is 8.05. The zero-order valence-corrected chi connectivity index (χ0v) is 20.0. The van der Waals surface area contributed by atoms with Gasteiger partial charge in [0.15, 0.2) is 0 Å². The number of aryl methyl sites for hydroxylation is 1. The van der Waals surface area contributed by atoms with Crippen molar-refractivity contribution in [3.05, 3.63) is 42.2 Å². The number of piperazine rings is 1. The quantitative estimate of drug-likeness (QED) is 0.643. The first kappa shape index (κ1) is 24.1. The van der Waals surface area contributed by atoms with Crippen molar-refractivity contribution in [1.82, 2.24) is 19.2 Å². The van der Waals surface area contributed by atoms with Crippen molar-refractivity contribution in [2.24, 2.45) is 0 Å². The van der Waals surface area contributed by atoms with Gasteiger partial charge in [0.2, 0.25) is 21.9 Å². The topological polar surface area (TPSA) is 98.7 Å². The van der Waals surface area contributed by atoms with Gasteiger partial charge in [-0.2, -0.15) is 4.31 Å². The first-order valence-electron chi connectivity index (χ1n) is 11.0. The molecule has 174 valence electrons. The molecule has 10 heteroatoms. The summed E-state index contributed by atoms with van der Waals surface area (Å²) < 4.78 is 27.4. The maximum absolute atomic E-state index is 13.0. The third-order valence-electron chi connectivity index (χ3n) is 5.86. The smallest absolute Gasteiger partial charge is 0.243 e. The van der Waals surface area contributed by atoms with Crippen LogP contribution in [0.25, 0.3) is 0 Å². The van der Waals surface area contributed by atoms with Crippen molar-refractivity contribution in [2.45, 2.75) is 38.6 Å². The van der Waals surface area contributed by atoms with Crippen molar-refractivity contribution >= 4 is 27.6 Å². The minimum atomic E-state index is -3.61. The van der Waals surface area contributed by atoms with Crippen LogP contribution in [0.5, 0.6) is 0 Å². The predicted molar refractivity (Wildman–Crippen MR) is 125 cm³/mol. The van der Waals surface area contributed by atoms with E-state index in [2.05, 4.69) is 25.1 Å². The van der Waals surface area contributed by atoms with Crippen LogP contribution < -0.4 is 10.2 Å². The van der Waals surface area contributed by atoms with E-state index in [1.807, 2.05) is 20.8 Å². The number of hydrogen-bond donors (Lipinski definition) is 1. The minimum Gasteiger partial charge on any atom is -0.338 e. The molecule has 0 saturated carbocycles. The Balaban J connectivity index is 1.66. The summed E-state index contributed by atoms with van der Waals surface area (Å²) in [7, 11) is -3.61. The second kappa shape index (κ2) is 10.4. The van der Waals surface area contributed by atoms with Crippen LogP contribution in [0.2, 0.25) is 0 Å². The highest BCUT2D eigenvalue weighted by atomic mass is 32.2. The van der Waals surface area contributed by atoms with Crippen molar-refractivity contribution in [3.63, 3.8) is 0 Å². The lowest BCUT2D eigenvalue weighted by Gasteiger charge is -2.37. The summed E-state index contributed by atoms with van der Waals surface area (Å²) in [5.41, 5.74) is 1.14. The molecular formula is C22H32N6O3S. The molecule has 0 bridgehead atoms. The maximum Gasteiger partial charge on any atom is 0.243 e. The highest BCUT2D eigenvalue weighted by molar-refractivity contribution is 7.89. The Morgan fingerprint density at radius 3 is 2.34 bits per heavy atom. The number of carbonyl (C=O) groups excluding carboxylic acids is 1. The molecular weight excluding hydrogens is 428 g/mol. The van der Waals surface area contributed by atoms with E-state index in [1.165, 1.54) is 4.31 Å². The second-order valence-corrected chi connectivity index (χ2v) is 9.71. The SMILES string of the molecule is CCN(CC)S(=O)(=O)c1cc(NC(=O)[C@@H](C)N2CCN(c3ncccn3)CC2)ccc1C. The van der Waals surface area contributed by atoms with Crippen molar-refractivity contribution in [1.29, 1.82) is 0 Å². The molecule has 1 atom stereocenters. The Labute approximate surface area is 190 Å². The normalized spacial score (nSPS) is 16.2. The van der Waals surface area contributed by atoms with Crippen molar-refractivity contribution in [3.8, 4) is 0 Å². The summed E-state index contributed by atoms with van der Waals surface area (Å²) >= 11 is 0. The van der Waals surface area contributed by atoms with Gasteiger partial charge < -0.3 is 10.2 Å². The third kappa shape index (κ3) is 5.25. The summed E-state index contributed by atoms with van der Waals surface area (Å²) in [6.45, 7) is 10.9. The second-order valence-electron chi connectivity index (χ2n) is 7.81. The molecule has 0 spiro atoms. The van der Waals surface area contributed by atoms with E-state index in [0.29, 0.717) is 43.4 Å². The van der Waals surface area contributed by atoms with Crippen LogP contribution in [0.1, 0.15) is 26.3 Å². The molecule has 1 aliphatic heterocycles. The lowest BCUT2D eigenvalue weighted by molar-refractivity contribution is -0.120. The van der Waals surface area contributed by atoms with E-state index in [9.17, 15) is 13.2 Å². The standard InChI is InChI=1S/C22H32N6O3S/c1-5-28(6-2)32(30,31)20-16-19(9-8-17(20)3)25-21(29)18(4)26-12-14-27(15-13-26)22-23-10-7-11-24-22/h7-11,16,18H,5-6,12-15H2,1-4H3,(H,25,29)/t18-/m1/s1. The molecule has 2 heterocycles. The summed E-state index contributed by atoms with van der Waals surface area (Å²) in [5, 5.41) is 2.89. The van der Waals surface area contributed by atoms with E-state index in [-0.39, 0.29) is 16.8 Å². The van der Waals surface area contributed by atoms with E-state index in [0.717, 1.165) is 13.1 Å². The van der Waals surface area contributed by atoms with Crippen LogP contribution in [-0.2, 0) is 14.8 Å². The van der Waals surface area contributed by atoms with Gasteiger partial charge in [-0.25, -0.2) is 18.4 Å². The lowest BCUT2D eigenvalue weighted by atomic mass is 10.2. The van der Waals surface area contributed by atoms with Crippen LogP contribution >= 0.6 is 0 Å². The molecule has 2 aromatic rings. The molecule has 9 nitrogen and oxygen atoms in total. The van der Waals surface area contributed by atoms with Crippen molar-refractivity contribution < 1.29 is 13.2 Å². The molecule has 1 fully saturated rings. The molecule has 0 aliphatic carbocycles. The Morgan fingerprint density at radius 2 is 1.75 bits per heavy atom. The van der Waals surface area contributed by atoms with E-state index in [4.69, 9.17) is 0 Å². The van der Waals surface area contributed by atoms with Gasteiger partial charge >= 0.3 is 0 Å². The monoisotopic (exact) mass is 460 g/mol. The van der Waals surface area contributed by atoms with Crippen LogP contribution in [0.3, 0.4) is 0 Å². The summed E-state index contributed by atoms with van der Waals surface area (Å²) in [6, 6.07) is 6.47. The zero-order valence-electron chi connectivity index (χ0n) is 19.2. The molecule has 0 radical (unpaired) electrons. The van der Waals surface area contributed by atoms with E-state index >= 15 is 0 Å². The molecule has 3 rings (SSSR count). The minimum absolute atomic E-state index is 0.163. The number of benzene rings is 1. The summed E-state index contributed by atoms with van der Waals surface area (Å²) in [6.07, 6.45) is 3.45. The Bertz CT molecular complexity index is 1020. The predicted octanol–water partition coefficient (Wildman–Crippen LogP) is 1.96.